The van der Waals surface area contributed by atoms with Gasteiger partial charge in [0.05, 0.1) is 6.20 Å². The lowest BCUT2D eigenvalue weighted by Gasteiger charge is -2.35. The van der Waals surface area contributed by atoms with Gasteiger partial charge in [-0.25, -0.2) is 0 Å². The van der Waals surface area contributed by atoms with Gasteiger partial charge in [-0.05, 0) is 20.8 Å². The zero-order chi connectivity index (χ0) is 11.5. The van der Waals surface area contributed by atoms with E-state index in [-0.39, 0.29) is 0 Å². The number of nitrogens with one attached hydrogen (secondary N) is 1. The third-order valence-corrected chi connectivity index (χ3v) is 3.41. The van der Waals surface area contributed by atoms with E-state index in [0.29, 0.717) is 12.1 Å². The van der Waals surface area contributed by atoms with Crippen molar-refractivity contribution >= 4 is 0 Å². The van der Waals surface area contributed by atoms with Gasteiger partial charge in [0, 0.05) is 50.0 Å². The Morgan fingerprint density at radius 2 is 2.44 bits per heavy atom. The number of nitrogens with zero attached hydrogens (tertiary/aromatic N) is 3. The van der Waals surface area contributed by atoms with Gasteiger partial charge in [-0.15, -0.1) is 0 Å². The van der Waals surface area contributed by atoms with Crippen LogP contribution in [0.5, 0.6) is 0 Å². The van der Waals surface area contributed by atoms with E-state index >= 15 is 0 Å². The van der Waals surface area contributed by atoms with Crippen molar-refractivity contribution in [1.29, 1.82) is 0 Å². The Bertz CT molecular complexity index is 334. The molecule has 1 aromatic rings. The molecule has 2 rings (SSSR count). The number of hydrogen-bond donors (Lipinski definition) is 1. The second-order valence-electron chi connectivity index (χ2n) is 4.66. The Morgan fingerprint density at radius 1 is 1.62 bits per heavy atom. The second kappa shape index (κ2) is 4.97. The van der Waals surface area contributed by atoms with Crippen LogP contribution in [0.4, 0.5) is 0 Å². The molecule has 0 spiro atoms. The highest BCUT2D eigenvalue weighted by atomic mass is 15.3. The Morgan fingerprint density at radius 3 is 3.06 bits per heavy atom. The molecule has 1 saturated heterocycles. The molecule has 1 N–H and O–H groups in total. The quantitative estimate of drug-likeness (QED) is 0.836. The van der Waals surface area contributed by atoms with Gasteiger partial charge in [-0.2, -0.15) is 5.10 Å². The van der Waals surface area contributed by atoms with Gasteiger partial charge in [0.25, 0.3) is 0 Å². The minimum absolute atomic E-state index is 0.477. The van der Waals surface area contributed by atoms with Gasteiger partial charge >= 0.3 is 0 Å². The van der Waals surface area contributed by atoms with Crippen LogP contribution in [-0.4, -0.2) is 40.4 Å². The third kappa shape index (κ3) is 2.44. The smallest absolute Gasteiger partial charge is 0.0537 e. The van der Waals surface area contributed by atoms with Gasteiger partial charge in [-0.3, -0.25) is 9.58 Å². The normalized spacial score (nSPS) is 24.6. The van der Waals surface area contributed by atoms with Crippen LogP contribution < -0.4 is 5.32 Å². The predicted octanol–water partition coefficient (Wildman–Crippen LogP) is 1.26. The number of rotatable bonds is 3. The molecule has 16 heavy (non-hydrogen) atoms. The highest BCUT2D eigenvalue weighted by Crippen LogP contribution is 2.20. The van der Waals surface area contributed by atoms with Crippen LogP contribution in [0.3, 0.4) is 0 Å². The summed E-state index contributed by atoms with van der Waals surface area (Å²) in [7, 11) is 0. The van der Waals surface area contributed by atoms with Crippen molar-refractivity contribution in [2.45, 2.75) is 39.4 Å². The van der Waals surface area contributed by atoms with Crippen molar-refractivity contribution in [3.63, 3.8) is 0 Å². The summed E-state index contributed by atoms with van der Waals surface area (Å²) in [5.74, 6) is 0. The maximum Gasteiger partial charge on any atom is 0.0537 e. The van der Waals surface area contributed by atoms with Gasteiger partial charge in [-0.1, -0.05) is 0 Å². The zero-order valence-corrected chi connectivity index (χ0v) is 10.5. The fourth-order valence-electron chi connectivity index (χ4n) is 2.29. The summed E-state index contributed by atoms with van der Waals surface area (Å²) in [5, 5.41) is 7.82. The topological polar surface area (TPSA) is 33.1 Å². The van der Waals surface area contributed by atoms with Gasteiger partial charge in [0.1, 0.15) is 0 Å². The molecule has 2 atom stereocenters. The lowest BCUT2D eigenvalue weighted by atomic mass is 10.1. The molecule has 4 heteroatoms. The van der Waals surface area contributed by atoms with E-state index in [1.165, 1.54) is 5.56 Å². The number of aryl methyl sites for hydroxylation is 1. The van der Waals surface area contributed by atoms with Crippen LogP contribution in [-0.2, 0) is 6.54 Å². The van der Waals surface area contributed by atoms with Crippen LogP contribution in [0.2, 0.25) is 0 Å². The van der Waals surface area contributed by atoms with Crippen molar-refractivity contribution in [2.24, 2.45) is 0 Å². The minimum Gasteiger partial charge on any atom is -0.312 e. The van der Waals surface area contributed by atoms with Crippen LogP contribution in [0.1, 0.15) is 32.4 Å². The minimum atomic E-state index is 0.477. The van der Waals surface area contributed by atoms with E-state index in [1.807, 2.05) is 10.9 Å². The molecular formula is C12H22N4. The first-order valence-corrected chi connectivity index (χ1v) is 6.20. The summed E-state index contributed by atoms with van der Waals surface area (Å²) >= 11 is 0. The Kier molecular flexibility index (Phi) is 3.61. The molecule has 0 bridgehead atoms. The fraction of sp³-hybridized carbons (Fsp3) is 0.750. The third-order valence-electron chi connectivity index (χ3n) is 3.41. The number of hydrogen-bond acceptors (Lipinski definition) is 3. The second-order valence-corrected chi connectivity index (χ2v) is 4.66. The van der Waals surface area contributed by atoms with Crippen LogP contribution >= 0.6 is 0 Å². The summed E-state index contributed by atoms with van der Waals surface area (Å²) in [6, 6.07) is 1.07. The van der Waals surface area contributed by atoms with Crippen molar-refractivity contribution < 1.29 is 0 Å². The molecule has 1 fully saturated rings. The molecule has 0 aliphatic carbocycles. The fourth-order valence-corrected chi connectivity index (χ4v) is 2.29. The molecule has 0 saturated carbocycles. The first kappa shape index (κ1) is 11.6. The Labute approximate surface area is 97.6 Å². The van der Waals surface area contributed by atoms with Crippen molar-refractivity contribution in [3.8, 4) is 0 Å². The largest absolute Gasteiger partial charge is 0.312 e. The number of piperazine rings is 1. The highest BCUT2D eigenvalue weighted by Gasteiger charge is 2.22. The lowest BCUT2D eigenvalue weighted by Crippen LogP contribution is -2.49. The zero-order valence-electron chi connectivity index (χ0n) is 10.5. The standard InChI is InChI=1S/C12H22N4/c1-4-16-9-12(7-14-16)11(3)15-6-5-13-10(2)8-15/h7,9-11,13H,4-6,8H2,1-3H3. The Balaban J connectivity index is 2.02. The summed E-state index contributed by atoms with van der Waals surface area (Å²) in [6.07, 6.45) is 4.16. The molecule has 2 unspecified atom stereocenters. The van der Waals surface area contributed by atoms with E-state index < -0.39 is 0 Å². The highest BCUT2D eigenvalue weighted by molar-refractivity contribution is 5.10. The van der Waals surface area contributed by atoms with E-state index in [9.17, 15) is 0 Å². The molecule has 1 aromatic heterocycles. The average Bonchev–Trinajstić information content (AvgIpc) is 2.76. The summed E-state index contributed by atoms with van der Waals surface area (Å²) in [6.45, 7) is 10.9. The first-order chi connectivity index (χ1) is 7.70. The molecule has 1 aliphatic rings. The molecule has 0 radical (unpaired) electrons. The molecule has 1 aliphatic heterocycles. The summed E-state index contributed by atoms with van der Waals surface area (Å²) in [4.78, 5) is 2.53. The molecule has 0 amide bonds. The van der Waals surface area contributed by atoms with Crippen molar-refractivity contribution in [2.75, 3.05) is 19.6 Å². The summed E-state index contributed by atoms with van der Waals surface area (Å²) < 4.78 is 2.00. The lowest BCUT2D eigenvalue weighted by molar-refractivity contribution is 0.158. The summed E-state index contributed by atoms with van der Waals surface area (Å²) in [5.41, 5.74) is 1.33. The average molecular weight is 222 g/mol. The maximum atomic E-state index is 4.34. The van der Waals surface area contributed by atoms with Crippen molar-refractivity contribution in [1.82, 2.24) is 20.0 Å². The van der Waals surface area contributed by atoms with Gasteiger partial charge < -0.3 is 5.32 Å². The van der Waals surface area contributed by atoms with Crippen molar-refractivity contribution in [3.05, 3.63) is 18.0 Å². The van der Waals surface area contributed by atoms with Gasteiger partial charge in [0.2, 0.25) is 0 Å². The SMILES string of the molecule is CCn1cc(C(C)N2CCNC(C)C2)cn1. The first-order valence-electron chi connectivity index (χ1n) is 6.20. The van der Waals surface area contributed by atoms with E-state index in [4.69, 9.17) is 0 Å². The molecule has 0 aromatic carbocycles. The monoisotopic (exact) mass is 222 g/mol. The van der Waals surface area contributed by atoms with Gasteiger partial charge in [0.15, 0.2) is 0 Å². The Hall–Kier alpha value is -0.870. The predicted molar refractivity (Wildman–Crippen MR) is 65.4 cm³/mol. The number of aromatic nitrogens is 2. The molecule has 90 valence electrons. The molecule has 4 nitrogen and oxygen atoms in total. The molecule has 2 heterocycles. The van der Waals surface area contributed by atoms with E-state index in [0.717, 1.165) is 26.2 Å². The van der Waals surface area contributed by atoms with Crippen LogP contribution in [0, 0.1) is 0 Å². The maximum absolute atomic E-state index is 4.34. The van der Waals surface area contributed by atoms with Crippen LogP contribution in [0.15, 0.2) is 12.4 Å². The van der Waals surface area contributed by atoms with Crippen LogP contribution in [0.25, 0.3) is 0 Å². The van der Waals surface area contributed by atoms with E-state index in [1.54, 1.807) is 0 Å². The molecular weight excluding hydrogens is 200 g/mol. The van der Waals surface area contributed by atoms with E-state index in [2.05, 4.69) is 42.3 Å².